The number of amides is 1. The van der Waals surface area contributed by atoms with Crippen LogP contribution in [0.2, 0.25) is 0 Å². The number of nitrogens with one attached hydrogen (secondary N) is 2. The fraction of sp³-hybridized carbons (Fsp3) is 0.588. The number of nitrogens with zero attached hydrogens (tertiary/aromatic N) is 1. The second kappa shape index (κ2) is 6.94. The molecule has 1 amide bonds. The molecule has 21 heavy (non-hydrogen) atoms. The van der Waals surface area contributed by atoms with Crippen molar-refractivity contribution in [2.45, 2.75) is 38.8 Å². The van der Waals surface area contributed by atoms with E-state index >= 15 is 0 Å². The van der Waals surface area contributed by atoms with Crippen LogP contribution in [0.4, 0.5) is 5.69 Å². The summed E-state index contributed by atoms with van der Waals surface area (Å²) in [5, 5.41) is 6.85. The maximum absolute atomic E-state index is 11.8. The largest absolute Gasteiger partial charge is 0.374 e. The molecule has 0 spiro atoms. The van der Waals surface area contributed by atoms with Gasteiger partial charge in [0.05, 0.1) is 0 Å². The van der Waals surface area contributed by atoms with Crippen molar-refractivity contribution in [1.29, 1.82) is 0 Å². The van der Waals surface area contributed by atoms with Gasteiger partial charge >= 0.3 is 0 Å². The van der Waals surface area contributed by atoms with Crippen molar-refractivity contribution in [2.75, 3.05) is 26.0 Å². The predicted molar refractivity (Wildman–Crippen MR) is 87.4 cm³/mol. The number of piperidine rings is 1. The van der Waals surface area contributed by atoms with Gasteiger partial charge in [0.1, 0.15) is 6.04 Å². The lowest BCUT2D eigenvalue weighted by atomic mass is 9.92. The Bertz CT molecular complexity index is 461. The lowest BCUT2D eigenvalue weighted by Crippen LogP contribution is -2.36. The van der Waals surface area contributed by atoms with Crippen LogP contribution in [0.1, 0.15) is 38.3 Å². The molecule has 1 aliphatic heterocycles. The summed E-state index contributed by atoms with van der Waals surface area (Å²) in [5.41, 5.74) is 2.32. The highest BCUT2D eigenvalue weighted by atomic mass is 16.2. The Hall–Kier alpha value is -1.55. The Balaban J connectivity index is 1.94. The van der Waals surface area contributed by atoms with E-state index in [1.54, 1.807) is 19.0 Å². The Kier molecular flexibility index (Phi) is 5.23. The molecule has 3 atom stereocenters. The minimum atomic E-state index is -0.209. The minimum Gasteiger partial charge on any atom is -0.374 e. The van der Waals surface area contributed by atoms with E-state index in [1.165, 1.54) is 18.4 Å². The van der Waals surface area contributed by atoms with E-state index in [2.05, 4.69) is 41.8 Å². The highest BCUT2D eigenvalue weighted by Gasteiger charge is 2.19. The van der Waals surface area contributed by atoms with E-state index < -0.39 is 0 Å². The molecule has 0 aromatic heterocycles. The van der Waals surface area contributed by atoms with Crippen molar-refractivity contribution in [3.63, 3.8) is 0 Å². The Morgan fingerprint density at radius 3 is 2.48 bits per heavy atom. The second-order valence-electron chi connectivity index (χ2n) is 6.36. The fourth-order valence-electron chi connectivity index (χ4n) is 2.79. The van der Waals surface area contributed by atoms with Crippen molar-refractivity contribution in [1.82, 2.24) is 10.2 Å². The molecule has 2 N–H and O–H groups in total. The summed E-state index contributed by atoms with van der Waals surface area (Å²) in [4.78, 5) is 13.5. The zero-order chi connectivity index (χ0) is 15.4. The monoisotopic (exact) mass is 289 g/mol. The third kappa shape index (κ3) is 4.21. The number of rotatable bonds is 4. The summed E-state index contributed by atoms with van der Waals surface area (Å²) < 4.78 is 0. The van der Waals surface area contributed by atoms with Gasteiger partial charge in [0.25, 0.3) is 0 Å². The normalized spacial score (nSPS) is 23.4. The maximum atomic E-state index is 11.8. The van der Waals surface area contributed by atoms with Gasteiger partial charge in [-0.2, -0.15) is 0 Å². The lowest BCUT2D eigenvalue weighted by Gasteiger charge is -2.28. The van der Waals surface area contributed by atoms with Gasteiger partial charge in [0.2, 0.25) is 5.91 Å². The molecule has 1 aromatic carbocycles. The molecule has 2 rings (SSSR count). The number of carbonyl (C=O) groups is 1. The van der Waals surface area contributed by atoms with E-state index in [0.717, 1.165) is 18.2 Å². The first-order chi connectivity index (χ1) is 9.97. The zero-order valence-corrected chi connectivity index (χ0v) is 13.5. The van der Waals surface area contributed by atoms with Crippen LogP contribution in [0.15, 0.2) is 24.3 Å². The van der Waals surface area contributed by atoms with E-state index in [-0.39, 0.29) is 11.9 Å². The van der Waals surface area contributed by atoms with Crippen molar-refractivity contribution >= 4 is 11.6 Å². The summed E-state index contributed by atoms with van der Waals surface area (Å²) in [6.07, 6.45) is 2.48. The molecule has 1 aliphatic rings. The number of carbonyl (C=O) groups excluding carboxylic acids is 1. The van der Waals surface area contributed by atoms with Gasteiger partial charge in [-0.05, 0) is 49.9 Å². The number of anilines is 1. The average molecular weight is 289 g/mol. The van der Waals surface area contributed by atoms with Crippen molar-refractivity contribution < 1.29 is 4.79 Å². The average Bonchev–Trinajstić information content (AvgIpc) is 2.48. The predicted octanol–water partition coefficient (Wildman–Crippen LogP) is 2.64. The van der Waals surface area contributed by atoms with Crippen LogP contribution >= 0.6 is 0 Å². The quantitative estimate of drug-likeness (QED) is 0.895. The second-order valence-corrected chi connectivity index (χ2v) is 6.36. The van der Waals surface area contributed by atoms with Gasteiger partial charge in [-0.25, -0.2) is 0 Å². The number of hydrogen-bond donors (Lipinski definition) is 2. The topological polar surface area (TPSA) is 44.4 Å². The van der Waals surface area contributed by atoms with Crippen LogP contribution in [-0.2, 0) is 4.79 Å². The summed E-state index contributed by atoms with van der Waals surface area (Å²) in [7, 11) is 3.55. The van der Waals surface area contributed by atoms with Gasteiger partial charge < -0.3 is 15.5 Å². The Labute approximate surface area is 127 Å². The lowest BCUT2D eigenvalue weighted by molar-refractivity contribution is -0.129. The molecule has 0 aliphatic carbocycles. The molecule has 0 radical (unpaired) electrons. The van der Waals surface area contributed by atoms with Crippen LogP contribution < -0.4 is 10.6 Å². The van der Waals surface area contributed by atoms with Gasteiger partial charge in [0, 0.05) is 25.8 Å². The molecule has 4 nitrogen and oxygen atoms in total. The van der Waals surface area contributed by atoms with Crippen LogP contribution in [0.3, 0.4) is 0 Å². The maximum Gasteiger partial charge on any atom is 0.244 e. The van der Waals surface area contributed by atoms with Crippen LogP contribution in [0.5, 0.6) is 0 Å². The Morgan fingerprint density at radius 1 is 1.29 bits per heavy atom. The van der Waals surface area contributed by atoms with E-state index in [1.807, 2.05) is 6.92 Å². The summed E-state index contributed by atoms with van der Waals surface area (Å²) in [5.74, 6) is 0.863. The van der Waals surface area contributed by atoms with Crippen molar-refractivity contribution in [2.24, 2.45) is 5.92 Å². The molecule has 1 fully saturated rings. The molecule has 0 bridgehead atoms. The molecule has 1 aromatic rings. The molecule has 116 valence electrons. The first-order valence-corrected chi connectivity index (χ1v) is 7.78. The van der Waals surface area contributed by atoms with E-state index in [0.29, 0.717) is 6.04 Å². The van der Waals surface area contributed by atoms with E-state index in [4.69, 9.17) is 0 Å². The molecular weight excluding hydrogens is 262 g/mol. The summed E-state index contributed by atoms with van der Waals surface area (Å²) in [6.45, 7) is 5.28. The Morgan fingerprint density at radius 2 is 1.95 bits per heavy atom. The van der Waals surface area contributed by atoms with Crippen LogP contribution in [0.25, 0.3) is 0 Å². The van der Waals surface area contributed by atoms with Gasteiger partial charge in [0.15, 0.2) is 0 Å². The van der Waals surface area contributed by atoms with E-state index in [9.17, 15) is 4.79 Å². The zero-order valence-electron chi connectivity index (χ0n) is 13.5. The third-order valence-electron chi connectivity index (χ3n) is 4.17. The highest BCUT2D eigenvalue weighted by Crippen LogP contribution is 2.26. The van der Waals surface area contributed by atoms with Crippen molar-refractivity contribution in [3.8, 4) is 0 Å². The van der Waals surface area contributed by atoms with Gasteiger partial charge in [-0.1, -0.05) is 19.1 Å². The molecule has 4 heteroatoms. The molecule has 1 heterocycles. The highest BCUT2D eigenvalue weighted by molar-refractivity contribution is 5.83. The number of likely N-dealkylation sites (N-methyl/N-ethyl adjacent to an activating group) is 1. The number of benzene rings is 1. The fourth-order valence-corrected chi connectivity index (χ4v) is 2.79. The smallest absolute Gasteiger partial charge is 0.244 e. The minimum absolute atomic E-state index is 0.0852. The first kappa shape index (κ1) is 15.8. The summed E-state index contributed by atoms with van der Waals surface area (Å²) in [6, 6.07) is 8.70. The summed E-state index contributed by atoms with van der Waals surface area (Å²) >= 11 is 0. The molecule has 0 saturated carbocycles. The van der Waals surface area contributed by atoms with Crippen molar-refractivity contribution in [3.05, 3.63) is 29.8 Å². The van der Waals surface area contributed by atoms with Gasteiger partial charge in [-0.3, -0.25) is 4.79 Å². The van der Waals surface area contributed by atoms with Gasteiger partial charge in [-0.15, -0.1) is 0 Å². The number of hydrogen-bond acceptors (Lipinski definition) is 3. The van der Waals surface area contributed by atoms with Crippen LogP contribution in [-0.4, -0.2) is 37.5 Å². The molecule has 1 saturated heterocycles. The third-order valence-corrected chi connectivity index (χ3v) is 4.17. The first-order valence-electron chi connectivity index (χ1n) is 7.78. The molecular formula is C17H27N3O. The standard InChI is InChI=1S/C17H27N3O/c1-12-5-10-16(18-11-12)14-6-8-15(9-7-14)19-13(2)17(21)20(3)4/h6-9,12-13,16,18-19H,5,10-11H2,1-4H3/t12-,13+,16+/m0/s1. The SMILES string of the molecule is C[C@H]1CC[C@H](c2ccc(N[C@H](C)C(=O)N(C)C)cc2)NC1. The molecule has 0 unspecified atom stereocenters. The van der Waals surface area contributed by atoms with Crippen LogP contribution in [0, 0.1) is 5.92 Å².